The van der Waals surface area contributed by atoms with Crippen molar-refractivity contribution < 1.29 is 26.1 Å². The van der Waals surface area contributed by atoms with Crippen LogP contribution in [0.1, 0.15) is 42.0 Å². The van der Waals surface area contributed by atoms with Gasteiger partial charge in [0, 0.05) is 0 Å². The second-order valence-corrected chi connectivity index (χ2v) is 6.34. The molecule has 0 saturated heterocycles. The summed E-state index contributed by atoms with van der Waals surface area (Å²) in [5.74, 6) is 0. The van der Waals surface area contributed by atoms with Crippen LogP contribution in [-0.4, -0.2) is 0 Å². The van der Waals surface area contributed by atoms with Crippen LogP contribution in [0.25, 0.3) is 0 Å². The Hall–Kier alpha value is -0.157. The Labute approximate surface area is 116 Å². The molecule has 85 valence electrons. The second kappa shape index (κ2) is 4.61. The van der Waals surface area contributed by atoms with Crippen LogP contribution in [0, 0.1) is 0 Å². The Morgan fingerprint density at radius 3 is 1.56 bits per heavy atom. The van der Waals surface area contributed by atoms with Crippen molar-refractivity contribution in [1.82, 2.24) is 0 Å². The Balaban J connectivity index is 0.00000144. The van der Waals surface area contributed by atoms with Crippen molar-refractivity contribution in [3.05, 3.63) is 45.6 Å². The molecular formula is C15H20Zr-. The third kappa shape index (κ3) is 1.99. The molecule has 0 aliphatic heterocycles. The fraction of sp³-hybridized carbons (Fsp3) is 0.467. The van der Waals surface area contributed by atoms with Gasteiger partial charge in [0.1, 0.15) is 0 Å². The van der Waals surface area contributed by atoms with Gasteiger partial charge in [-0.1, -0.05) is 0 Å². The first kappa shape index (κ1) is 12.3. The molecule has 2 aliphatic carbocycles. The van der Waals surface area contributed by atoms with Crippen LogP contribution in [0.15, 0.2) is 45.6 Å². The quantitative estimate of drug-likeness (QED) is 0.687. The number of hydrogen-bond donors (Lipinski definition) is 0. The third-order valence-electron chi connectivity index (χ3n) is 4.10. The van der Waals surface area contributed by atoms with Gasteiger partial charge in [0.15, 0.2) is 0 Å². The first-order valence-corrected chi connectivity index (χ1v) is 7.39. The summed E-state index contributed by atoms with van der Waals surface area (Å²) in [6.45, 7) is 9.06. The molecule has 0 spiro atoms. The van der Waals surface area contributed by atoms with Crippen LogP contribution in [0.2, 0.25) is 3.63 Å². The zero-order valence-electron chi connectivity index (χ0n) is 11.6. The van der Waals surface area contributed by atoms with E-state index in [1.165, 1.54) is 24.0 Å². The van der Waals surface area contributed by atoms with E-state index in [0.29, 0.717) is 0 Å². The summed E-state index contributed by atoms with van der Waals surface area (Å²) in [6.07, 6.45) is 7.13. The van der Waals surface area contributed by atoms with E-state index in [-0.39, 0.29) is 1.43 Å². The minimum Gasteiger partial charge on any atom is -1.00 e. The van der Waals surface area contributed by atoms with Crippen molar-refractivity contribution in [2.75, 3.05) is 0 Å². The molecule has 2 rings (SSSR count). The topological polar surface area (TPSA) is 0 Å². The van der Waals surface area contributed by atoms with E-state index in [4.69, 9.17) is 0 Å². The van der Waals surface area contributed by atoms with Gasteiger partial charge in [-0.25, -0.2) is 0 Å². The summed E-state index contributed by atoms with van der Waals surface area (Å²) in [4.78, 5) is 0. The SMILES string of the molecule is CC1=CCC([CH]([Zr])C2=C(C)C(C)=CC2)=C1C.[H-]. The number of rotatable bonds is 2. The molecular weight excluding hydrogens is 271 g/mol. The molecule has 0 saturated carbocycles. The van der Waals surface area contributed by atoms with E-state index < -0.39 is 0 Å². The van der Waals surface area contributed by atoms with Gasteiger partial charge >= 0.3 is 114 Å². The predicted molar refractivity (Wildman–Crippen MR) is 67.0 cm³/mol. The normalized spacial score (nSPS) is 21.0. The summed E-state index contributed by atoms with van der Waals surface area (Å²) in [6, 6.07) is 0. The Kier molecular flexibility index (Phi) is 3.54. The fourth-order valence-corrected chi connectivity index (χ4v) is 4.17. The molecule has 0 fully saturated rings. The average Bonchev–Trinajstić information content (AvgIpc) is 2.74. The van der Waals surface area contributed by atoms with E-state index in [0.717, 1.165) is 3.63 Å². The van der Waals surface area contributed by atoms with Gasteiger partial charge in [0.05, 0.1) is 0 Å². The maximum atomic E-state index is 2.38. The molecule has 0 nitrogen and oxygen atoms in total. The zero-order valence-corrected chi connectivity index (χ0v) is 13.1. The summed E-state index contributed by atoms with van der Waals surface area (Å²) >= 11 is 1.65. The average molecular weight is 292 g/mol. The van der Waals surface area contributed by atoms with E-state index in [1.54, 1.807) is 47.0 Å². The predicted octanol–water partition coefficient (Wildman–Crippen LogP) is 4.77. The van der Waals surface area contributed by atoms with E-state index in [9.17, 15) is 0 Å². The molecule has 0 atom stereocenters. The molecule has 0 heterocycles. The van der Waals surface area contributed by atoms with Crippen molar-refractivity contribution in [3.63, 3.8) is 0 Å². The summed E-state index contributed by atoms with van der Waals surface area (Å²) in [7, 11) is 0. The molecule has 1 heteroatoms. The second-order valence-electron chi connectivity index (χ2n) is 4.92. The van der Waals surface area contributed by atoms with Gasteiger partial charge in [0.25, 0.3) is 0 Å². The standard InChI is InChI=1S/C15H19.Zr.H/c1-10-5-7-14(12(10)3)9-15-8-6-11(2)13(15)4;;/h5-6,9H,7-8H2,1-4H3;;/q;;-1. The van der Waals surface area contributed by atoms with Gasteiger partial charge in [-0.2, -0.15) is 0 Å². The number of hydrogen-bond acceptors (Lipinski definition) is 0. The van der Waals surface area contributed by atoms with Gasteiger partial charge in [-0.3, -0.25) is 0 Å². The third-order valence-corrected chi connectivity index (χ3v) is 5.81. The minimum atomic E-state index is 0. The molecule has 0 N–H and O–H groups in total. The summed E-state index contributed by atoms with van der Waals surface area (Å²) in [5.41, 5.74) is 9.42. The first-order valence-electron chi connectivity index (χ1n) is 5.97. The Morgan fingerprint density at radius 2 is 1.31 bits per heavy atom. The molecule has 0 aromatic carbocycles. The Morgan fingerprint density at radius 1 is 0.938 bits per heavy atom. The van der Waals surface area contributed by atoms with E-state index in [2.05, 4.69) is 39.8 Å². The van der Waals surface area contributed by atoms with Crippen LogP contribution in [0.4, 0.5) is 0 Å². The van der Waals surface area contributed by atoms with Crippen LogP contribution in [0.3, 0.4) is 0 Å². The largest absolute Gasteiger partial charge is 1.00 e. The molecule has 0 radical (unpaired) electrons. The van der Waals surface area contributed by atoms with Crippen molar-refractivity contribution in [1.29, 1.82) is 0 Å². The van der Waals surface area contributed by atoms with Crippen molar-refractivity contribution in [2.45, 2.75) is 44.2 Å². The summed E-state index contributed by atoms with van der Waals surface area (Å²) < 4.78 is 0.717. The van der Waals surface area contributed by atoms with E-state index in [1.807, 2.05) is 0 Å². The van der Waals surface area contributed by atoms with Crippen molar-refractivity contribution in [3.8, 4) is 0 Å². The molecule has 0 bridgehead atoms. The molecule has 2 aliphatic rings. The van der Waals surface area contributed by atoms with Gasteiger partial charge < -0.3 is 1.43 Å². The van der Waals surface area contributed by atoms with Gasteiger partial charge in [-0.15, -0.1) is 0 Å². The van der Waals surface area contributed by atoms with E-state index >= 15 is 0 Å². The molecule has 0 aromatic rings. The molecule has 0 aromatic heterocycles. The first-order chi connectivity index (χ1) is 7.52. The van der Waals surface area contributed by atoms with Crippen LogP contribution < -0.4 is 0 Å². The van der Waals surface area contributed by atoms with Crippen molar-refractivity contribution >= 4 is 0 Å². The maximum Gasteiger partial charge on any atom is -1.00 e. The van der Waals surface area contributed by atoms with Crippen LogP contribution >= 0.6 is 0 Å². The molecule has 0 amide bonds. The maximum absolute atomic E-state index is 2.38. The van der Waals surface area contributed by atoms with Crippen molar-refractivity contribution in [2.24, 2.45) is 0 Å². The minimum absolute atomic E-state index is 0. The van der Waals surface area contributed by atoms with Crippen LogP contribution in [0.5, 0.6) is 0 Å². The van der Waals surface area contributed by atoms with Gasteiger partial charge in [0.2, 0.25) is 0 Å². The Bertz CT molecular complexity index is 408. The van der Waals surface area contributed by atoms with Gasteiger partial charge in [-0.05, 0) is 0 Å². The van der Waals surface area contributed by atoms with Crippen LogP contribution in [-0.2, 0) is 24.7 Å². The fourth-order valence-electron chi connectivity index (χ4n) is 2.52. The zero-order chi connectivity index (χ0) is 11.9. The molecule has 16 heavy (non-hydrogen) atoms. The molecule has 0 unspecified atom stereocenters. The summed E-state index contributed by atoms with van der Waals surface area (Å²) in [5, 5.41) is 0. The number of allylic oxidation sites excluding steroid dienone is 8. The smallest absolute Gasteiger partial charge is 1.00 e. The monoisotopic (exact) mass is 290 g/mol.